The van der Waals surface area contributed by atoms with Crippen molar-refractivity contribution in [3.8, 4) is 5.69 Å². The Kier molecular flexibility index (Phi) is 7.24. The van der Waals surface area contributed by atoms with Gasteiger partial charge in [-0.2, -0.15) is 13.2 Å². The van der Waals surface area contributed by atoms with E-state index < -0.39 is 23.2 Å². The number of rotatable bonds is 8. The molecule has 0 aliphatic heterocycles. The Balaban J connectivity index is 1.70. The maximum absolute atomic E-state index is 13.4. The summed E-state index contributed by atoms with van der Waals surface area (Å²) in [5.41, 5.74) is -0.321. The molecule has 2 heterocycles. The SMILES string of the molecule is Cc1c(CCC(=O)N(C)C)cc(C(=O)NCc2cc(C3CC3)no2)c(=O)n1-c1cccc(C(F)(F)F)c1. The average Bonchev–Trinajstić information content (AvgIpc) is 3.59. The van der Waals surface area contributed by atoms with E-state index in [2.05, 4.69) is 10.5 Å². The third-order valence-corrected chi connectivity index (χ3v) is 6.33. The Labute approximate surface area is 211 Å². The molecule has 2 aromatic heterocycles. The van der Waals surface area contributed by atoms with Gasteiger partial charge in [-0.1, -0.05) is 11.2 Å². The van der Waals surface area contributed by atoms with Crippen LogP contribution in [0.15, 0.2) is 45.7 Å². The van der Waals surface area contributed by atoms with Gasteiger partial charge in [-0.15, -0.1) is 0 Å². The van der Waals surface area contributed by atoms with Gasteiger partial charge in [-0.05, 0) is 56.0 Å². The molecule has 3 aromatic rings. The summed E-state index contributed by atoms with van der Waals surface area (Å²) in [4.78, 5) is 40.1. The van der Waals surface area contributed by atoms with Gasteiger partial charge >= 0.3 is 6.18 Å². The third kappa shape index (κ3) is 5.92. The molecule has 1 aliphatic carbocycles. The largest absolute Gasteiger partial charge is 0.416 e. The van der Waals surface area contributed by atoms with E-state index in [1.807, 2.05) is 0 Å². The van der Waals surface area contributed by atoms with Crippen molar-refractivity contribution in [3.05, 3.63) is 80.6 Å². The van der Waals surface area contributed by atoms with Crippen LogP contribution in [0.4, 0.5) is 13.2 Å². The van der Waals surface area contributed by atoms with Gasteiger partial charge in [0.2, 0.25) is 5.91 Å². The third-order valence-electron chi connectivity index (χ3n) is 6.33. The molecule has 8 nitrogen and oxygen atoms in total. The van der Waals surface area contributed by atoms with Crippen LogP contribution >= 0.6 is 0 Å². The molecule has 1 fully saturated rings. The molecule has 0 radical (unpaired) electrons. The molecular formula is C26H27F3N4O4. The lowest BCUT2D eigenvalue weighted by Crippen LogP contribution is -2.34. The van der Waals surface area contributed by atoms with E-state index in [9.17, 15) is 27.6 Å². The summed E-state index contributed by atoms with van der Waals surface area (Å²) in [6.45, 7) is 1.57. The van der Waals surface area contributed by atoms with Crippen molar-refractivity contribution in [2.45, 2.75) is 51.2 Å². The van der Waals surface area contributed by atoms with Gasteiger partial charge in [0.05, 0.1) is 17.8 Å². The van der Waals surface area contributed by atoms with Gasteiger partial charge in [-0.3, -0.25) is 19.0 Å². The number of nitrogens with zero attached hydrogens (tertiary/aromatic N) is 3. The lowest BCUT2D eigenvalue weighted by atomic mass is 10.0. The number of pyridine rings is 1. The van der Waals surface area contributed by atoms with E-state index in [0.717, 1.165) is 35.2 Å². The summed E-state index contributed by atoms with van der Waals surface area (Å²) < 4.78 is 46.4. The summed E-state index contributed by atoms with van der Waals surface area (Å²) in [5.74, 6) is -0.0796. The molecule has 1 N–H and O–H groups in total. The quantitative estimate of drug-likeness (QED) is 0.489. The number of aryl methyl sites for hydroxylation is 1. The standard InChI is InChI=1S/C26H27F3N4O4/c1-15-17(9-10-23(34)32(2)3)11-21(24(35)30-14-20-13-22(31-37-20)16-7-8-16)25(36)33(15)19-6-4-5-18(12-19)26(27,28)29/h4-6,11-13,16H,7-10,14H2,1-3H3,(H,30,35). The van der Waals surface area contributed by atoms with Crippen molar-refractivity contribution in [2.24, 2.45) is 0 Å². The fraction of sp³-hybridized carbons (Fsp3) is 0.385. The smallest absolute Gasteiger partial charge is 0.359 e. The van der Waals surface area contributed by atoms with Crippen molar-refractivity contribution in [3.63, 3.8) is 0 Å². The highest BCUT2D eigenvalue weighted by molar-refractivity contribution is 5.94. The van der Waals surface area contributed by atoms with Crippen LogP contribution in [0.3, 0.4) is 0 Å². The normalized spacial score (nSPS) is 13.5. The lowest BCUT2D eigenvalue weighted by molar-refractivity contribution is -0.137. The molecule has 196 valence electrons. The minimum atomic E-state index is -4.61. The second-order valence-corrected chi connectivity index (χ2v) is 9.32. The molecule has 1 aliphatic rings. The Morgan fingerprint density at radius 1 is 1.19 bits per heavy atom. The number of amides is 2. The van der Waals surface area contributed by atoms with Gasteiger partial charge in [0.25, 0.3) is 11.5 Å². The fourth-order valence-corrected chi connectivity index (χ4v) is 4.02. The summed E-state index contributed by atoms with van der Waals surface area (Å²) in [6, 6.07) is 7.49. The van der Waals surface area contributed by atoms with Gasteiger partial charge in [-0.25, -0.2) is 0 Å². The van der Waals surface area contributed by atoms with Crippen LogP contribution in [0.2, 0.25) is 0 Å². The average molecular weight is 517 g/mol. The second-order valence-electron chi connectivity index (χ2n) is 9.32. The first-order chi connectivity index (χ1) is 17.5. The van der Waals surface area contributed by atoms with Crippen LogP contribution < -0.4 is 10.9 Å². The second kappa shape index (κ2) is 10.2. The van der Waals surface area contributed by atoms with E-state index in [0.29, 0.717) is 22.9 Å². The predicted molar refractivity (Wildman–Crippen MR) is 128 cm³/mol. The Morgan fingerprint density at radius 3 is 2.57 bits per heavy atom. The number of hydrogen-bond acceptors (Lipinski definition) is 5. The zero-order valence-electron chi connectivity index (χ0n) is 20.7. The molecule has 37 heavy (non-hydrogen) atoms. The summed E-state index contributed by atoms with van der Waals surface area (Å²) in [5, 5.41) is 6.62. The van der Waals surface area contributed by atoms with Crippen LogP contribution in [0.1, 0.15) is 63.8 Å². The molecule has 1 saturated carbocycles. The number of carbonyl (C=O) groups is 2. The molecule has 4 rings (SSSR count). The molecule has 1 aromatic carbocycles. The Morgan fingerprint density at radius 2 is 1.92 bits per heavy atom. The zero-order valence-corrected chi connectivity index (χ0v) is 20.7. The highest BCUT2D eigenvalue weighted by atomic mass is 19.4. The highest BCUT2D eigenvalue weighted by Crippen LogP contribution is 2.39. The first kappa shape index (κ1) is 26.2. The molecule has 0 spiro atoms. The maximum atomic E-state index is 13.4. The zero-order chi connectivity index (χ0) is 26.9. The molecule has 2 amide bonds. The predicted octanol–water partition coefficient (Wildman–Crippen LogP) is 3.98. The van der Waals surface area contributed by atoms with E-state index >= 15 is 0 Å². The van der Waals surface area contributed by atoms with Gasteiger partial charge in [0, 0.05) is 43.9 Å². The molecular weight excluding hydrogens is 489 g/mol. The molecule has 0 bridgehead atoms. The number of carbonyl (C=O) groups excluding carboxylic acids is 2. The Bertz CT molecular complexity index is 1390. The summed E-state index contributed by atoms with van der Waals surface area (Å²) in [7, 11) is 3.21. The summed E-state index contributed by atoms with van der Waals surface area (Å²) >= 11 is 0. The molecule has 0 unspecified atom stereocenters. The number of nitrogens with one attached hydrogen (secondary N) is 1. The van der Waals surface area contributed by atoms with Crippen LogP contribution in [0.5, 0.6) is 0 Å². The highest BCUT2D eigenvalue weighted by Gasteiger charge is 2.31. The van der Waals surface area contributed by atoms with Crippen molar-refractivity contribution in [2.75, 3.05) is 14.1 Å². The van der Waals surface area contributed by atoms with Crippen molar-refractivity contribution in [1.82, 2.24) is 19.9 Å². The lowest BCUT2D eigenvalue weighted by Gasteiger charge is -2.18. The monoisotopic (exact) mass is 516 g/mol. The number of alkyl halides is 3. The first-order valence-corrected chi connectivity index (χ1v) is 11.8. The van der Waals surface area contributed by atoms with Crippen LogP contribution in [0.25, 0.3) is 5.69 Å². The number of benzene rings is 1. The van der Waals surface area contributed by atoms with Crippen molar-refractivity contribution in [1.29, 1.82) is 0 Å². The number of hydrogen-bond donors (Lipinski definition) is 1. The van der Waals surface area contributed by atoms with Crippen molar-refractivity contribution >= 4 is 11.8 Å². The van der Waals surface area contributed by atoms with Gasteiger partial charge < -0.3 is 14.7 Å². The minimum absolute atomic E-state index is 0.0100. The molecule has 0 atom stereocenters. The minimum Gasteiger partial charge on any atom is -0.359 e. The first-order valence-electron chi connectivity index (χ1n) is 11.8. The molecule has 0 saturated heterocycles. The van der Waals surface area contributed by atoms with Crippen LogP contribution in [0, 0.1) is 6.92 Å². The molecule has 11 heteroatoms. The number of aromatic nitrogens is 2. The van der Waals surface area contributed by atoms with Crippen molar-refractivity contribution < 1.29 is 27.3 Å². The topological polar surface area (TPSA) is 97.4 Å². The summed E-state index contributed by atoms with van der Waals surface area (Å²) in [6.07, 6.45) is -2.25. The maximum Gasteiger partial charge on any atom is 0.416 e. The fourth-order valence-electron chi connectivity index (χ4n) is 4.02. The van der Waals surface area contributed by atoms with E-state index in [4.69, 9.17) is 4.52 Å². The van der Waals surface area contributed by atoms with E-state index in [1.165, 1.54) is 23.1 Å². The van der Waals surface area contributed by atoms with E-state index in [1.54, 1.807) is 27.1 Å². The Hall–Kier alpha value is -3.89. The van der Waals surface area contributed by atoms with Crippen LogP contribution in [-0.4, -0.2) is 40.5 Å². The van der Waals surface area contributed by atoms with Gasteiger partial charge in [0.15, 0.2) is 5.76 Å². The van der Waals surface area contributed by atoms with Gasteiger partial charge in [0.1, 0.15) is 5.56 Å². The van der Waals surface area contributed by atoms with E-state index in [-0.39, 0.29) is 36.5 Å². The number of halogens is 3. The van der Waals surface area contributed by atoms with Crippen LogP contribution in [-0.2, 0) is 23.9 Å².